The first-order valence-electron chi connectivity index (χ1n) is 11.2. The monoisotopic (exact) mass is 510 g/mol. The molecule has 3 aromatic rings. The highest BCUT2D eigenvalue weighted by atomic mass is 35.5. The minimum Gasteiger partial charge on any atom is -0.491 e. The van der Waals surface area contributed by atoms with Crippen LogP contribution in [0.4, 0.5) is 5.95 Å². The number of nitrogens with one attached hydrogen (secondary N) is 1. The molecule has 9 heteroatoms. The topological polar surface area (TPSA) is 78.3 Å². The number of benzene rings is 2. The largest absolute Gasteiger partial charge is 0.491 e. The van der Waals surface area contributed by atoms with Crippen LogP contribution in [0, 0.1) is 0 Å². The third-order valence-corrected chi connectivity index (χ3v) is 6.52. The van der Waals surface area contributed by atoms with E-state index in [1.165, 1.54) is 11.8 Å². The van der Waals surface area contributed by atoms with Crippen LogP contribution in [-0.4, -0.2) is 33.4 Å². The van der Waals surface area contributed by atoms with Gasteiger partial charge in [-0.05, 0) is 50.1 Å². The Morgan fingerprint density at radius 1 is 1.26 bits per heavy atom. The first-order chi connectivity index (χ1) is 16.9. The van der Waals surface area contributed by atoms with Gasteiger partial charge in [-0.2, -0.15) is 4.98 Å². The van der Waals surface area contributed by atoms with Gasteiger partial charge < -0.3 is 14.8 Å². The predicted molar refractivity (Wildman–Crippen MR) is 139 cm³/mol. The van der Waals surface area contributed by atoms with Gasteiger partial charge >= 0.3 is 5.97 Å². The number of allylic oxidation sites excluding steroid dienone is 1. The second-order valence-corrected chi connectivity index (χ2v) is 9.58. The number of nitrogens with zero attached hydrogens (tertiary/aromatic N) is 3. The lowest BCUT2D eigenvalue weighted by Crippen LogP contribution is -2.29. The molecule has 1 N–H and O–H groups in total. The summed E-state index contributed by atoms with van der Waals surface area (Å²) in [6, 6.07) is 14.8. The number of ether oxygens (including phenoxy) is 2. The molecule has 1 aliphatic heterocycles. The van der Waals surface area contributed by atoms with Gasteiger partial charge in [0.1, 0.15) is 18.4 Å². The van der Waals surface area contributed by atoms with Crippen molar-refractivity contribution in [3.63, 3.8) is 0 Å². The van der Waals surface area contributed by atoms with E-state index in [9.17, 15) is 4.79 Å². The fourth-order valence-corrected chi connectivity index (χ4v) is 4.85. The summed E-state index contributed by atoms with van der Waals surface area (Å²) >= 11 is 7.78. The molecule has 1 aliphatic rings. The zero-order valence-electron chi connectivity index (χ0n) is 19.8. The van der Waals surface area contributed by atoms with Gasteiger partial charge in [0.25, 0.3) is 0 Å². The average Bonchev–Trinajstić information content (AvgIpc) is 3.23. The Bertz CT molecular complexity index is 1250. The molecule has 35 heavy (non-hydrogen) atoms. The third-order valence-electron chi connectivity index (χ3n) is 5.27. The summed E-state index contributed by atoms with van der Waals surface area (Å²) in [5.41, 5.74) is 2.99. The molecule has 4 rings (SSSR count). The molecule has 0 radical (unpaired) electrons. The Kier molecular flexibility index (Phi) is 7.83. The highest BCUT2D eigenvalue weighted by Crippen LogP contribution is 2.37. The molecule has 0 spiro atoms. The molecule has 1 aromatic heterocycles. The van der Waals surface area contributed by atoms with Crippen LogP contribution in [0.25, 0.3) is 0 Å². The Morgan fingerprint density at radius 2 is 2.00 bits per heavy atom. The summed E-state index contributed by atoms with van der Waals surface area (Å²) in [5.74, 6) is 1.49. The number of rotatable bonds is 9. The van der Waals surface area contributed by atoms with Crippen molar-refractivity contribution in [2.75, 3.05) is 11.9 Å². The van der Waals surface area contributed by atoms with Gasteiger partial charge in [-0.25, -0.2) is 9.48 Å². The van der Waals surface area contributed by atoms with Crippen LogP contribution in [-0.2, 0) is 15.3 Å². The van der Waals surface area contributed by atoms with Crippen molar-refractivity contribution in [1.82, 2.24) is 14.8 Å². The molecule has 2 heterocycles. The number of aromatic nitrogens is 3. The van der Waals surface area contributed by atoms with E-state index in [4.69, 9.17) is 26.2 Å². The van der Waals surface area contributed by atoms with Gasteiger partial charge in [0.15, 0.2) is 0 Å². The van der Waals surface area contributed by atoms with Crippen molar-refractivity contribution < 1.29 is 14.3 Å². The Labute approximate surface area is 214 Å². The van der Waals surface area contributed by atoms with Gasteiger partial charge in [0.2, 0.25) is 11.1 Å². The maximum absolute atomic E-state index is 13.1. The van der Waals surface area contributed by atoms with Gasteiger partial charge in [0, 0.05) is 16.5 Å². The van der Waals surface area contributed by atoms with Crippen molar-refractivity contribution in [1.29, 1.82) is 0 Å². The molecule has 2 aromatic carbocycles. The first-order valence-corrected chi connectivity index (χ1v) is 12.6. The Hall–Kier alpha value is -3.23. The number of thioether (sulfide) groups is 1. The summed E-state index contributed by atoms with van der Waals surface area (Å²) in [7, 11) is 0. The quantitative estimate of drug-likeness (QED) is 0.214. The van der Waals surface area contributed by atoms with E-state index in [1.807, 2.05) is 69.3 Å². The summed E-state index contributed by atoms with van der Waals surface area (Å²) < 4.78 is 12.9. The molecular weight excluding hydrogens is 484 g/mol. The zero-order chi connectivity index (χ0) is 24.9. The van der Waals surface area contributed by atoms with Crippen LogP contribution in [0.1, 0.15) is 37.9 Å². The number of carbonyl (C=O) groups excluding carboxylic acids is 1. The minimum absolute atomic E-state index is 0.0610. The van der Waals surface area contributed by atoms with Crippen LogP contribution in [0.5, 0.6) is 5.75 Å². The van der Waals surface area contributed by atoms with E-state index in [0.29, 0.717) is 33.2 Å². The van der Waals surface area contributed by atoms with Crippen LogP contribution >= 0.6 is 23.4 Å². The van der Waals surface area contributed by atoms with E-state index in [-0.39, 0.29) is 12.7 Å². The molecule has 0 aliphatic carbocycles. The van der Waals surface area contributed by atoms with Gasteiger partial charge in [-0.3, -0.25) is 0 Å². The van der Waals surface area contributed by atoms with Crippen molar-refractivity contribution in [3.8, 4) is 5.75 Å². The van der Waals surface area contributed by atoms with Crippen molar-refractivity contribution in [3.05, 3.63) is 88.6 Å². The van der Waals surface area contributed by atoms with E-state index in [1.54, 1.807) is 10.8 Å². The summed E-state index contributed by atoms with van der Waals surface area (Å²) in [6.45, 7) is 9.54. The third kappa shape index (κ3) is 5.71. The van der Waals surface area contributed by atoms with Crippen molar-refractivity contribution >= 4 is 35.3 Å². The van der Waals surface area contributed by atoms with E-state index in [2.05, 4.69) is 16.9 Å². The standard InChI is InChI=1S/C26H27ClN4O3S/c1-5-14-33-24(32)22-17(4)28-25-29-26(35-15-19-8-6-7-9-21(19)27)30-31(25)23(22)18-10-12-20(13-11-18)34-16(2)3/h5-13,16,23H,1,14-15H2,2-4H3,(H,28,29,30). The number of hydrogen-bond donors (Lipinski definition) is 1. The maximum atomic E-state index is 13.1. The van der Waals surface area contributed by atoms with E-state index < -0.39 is 12.0 Å². The fraction of sp³-hybridized carbons (Fsp3) is 0.269. The Morgan fingerprint density at radius 3 is 2.69 bits per heavy atom. The second-order valence-electron chi connectivity index (χ2n) is 8.23. The van der Waals surface area contributed by atoms with Crippen LogP contribution in [0.2, 0.25) is 5.02 Å². The lowest BCUT2D eigenvalue weighted by Gasteiger charge is -2.28. The normalized spacial score (nSPS) is 14.9. The van der Waals surface area contributed by atoms with Crippen molar-refractivity contribution in [2.45, 2.75) is 43.8 Å². The lowest BCUT2D eigenvalue weighted by atomic mass is 9.96. The number of halogens is 1. The fourth-order valence-electron chi connectivity index (χ4n) is 3.74. The van der Waals surface area contributed by atoms with Crippen LogP contribution in [0.15, 0.2) is 77.6 Å². The van der Waals surface area contributed by atoms with Crippen LogP contribution < -0.4 is 10.1 Å². The molecule has 182 valence electrons. The predicted octanol–water partition coefficient (Wildman–Crippen LogP) is 6.03. The molecule has 0 bridgehead atoms. The number of fused-ring (bicyclic) bond motifs is 1. The van der Waals surface area contributed by atoms with Crippen molar-refractivity contribution in [2.24, 2.45) is 0 Å². The maximum Gasteiger partial charge on any atom is 0.338 e. The summed E-state index contributed by atoms with van der Waals surface area (Å²) in [6.07, 6.45) is 1.60. The molecule has 1 atom stereocenters. The summed E-state index contributed by atoms with van der Waals surface area (Å²) in [5, 5.41) is 9.23. The molecule has 0 fully saturated rings. The molecule has 1 unspecified atom stereocenters. The number of anilines is 1. The highest BCUT2D eigenvalue weighted by Gasteiger charge is 2.35. The van der Waals surface area contributed by atoms with Gasteiger partial charge in [0.05, 0.1) is 11.7 Å². The summed E-state index contributed by atoms with van der Waals surface area (Å²) in [4.78, 5) is 17.7. The highest BCUT2D eigenvalue weighted by molar-refractivity contribution is 7.98. The van der Waals surface area contributed by atoms with Gasteiger partial charge in [-0.1, -0.05) is 66.3 Å². The number of hydrogen-bond acceptors (Lipinski definition) is 7. The molecular formula is C26H27ClN4O3S. The van der Waals surface area contributed by atoms with Crippen LogP contribution in [0.3, 0.4) is 0 Å². The molecule has 0 saturated heterocycles. The molecule has 0 amide bonds. The molecule has 7 nitrogen and oxygen atoms in total. The van der Waals surface area contributed by atoms with Gasteiger partial charge in [-0.15, -0.1) is 5.10 Å². The van der Waals surface area contributed by atoms with E-state index >= 15 is 0 Å². The lowest BCUT2D eigenvalue weighted by molar-refractivity contribution is -0.138. The first kappa shape index (κ1) is 24.9. The molecule has 0 saturated carbocycles. The number of esters is 1. The second kappa shape index (κ2) is 11.0. The Balaban J connectivity index is 1.68. The SMILES string of the molecule is C=CCOC(=O)C1=C(C)Nc2nc(SCc3ccccc3Cl)nn2C1c1ccc(OC(C)C)cc1. The number of carbonyl (C=O) groups is 1. The average molecular weight is 511 g/mol. The minimum atomic E-state index is -0.515. The zero-order valence-corrected chi connectivity index (χ0v) is 21.4. The smallest absolute Gasteiger partial charge is 0.338 e. The van der Waals surface area contributed by atoms with E-state index in [0.717, 1.165) is 16.9 Å².